The Kier molecular flexibility index (Phi) is 5.10. The van der Waals surface area contributed by atoms with Crippen molar-refractivity contribution in [2.45, 2.75) is 26.1 Å². The SMILES string of the molecule is COc1cccc(Cl)c1C(O)c1ccccc1OC(C)C. The van der Waals surface area contributed by atoms with Gasteiger partial charge in [-0.3, -0.25) is 0 Å². The zero-order chi connectivity index (χ0) is 15.4. The smallest absolute Gasteiger partial charge is 0.126 e. The van der Waals surface area contributed by atoms with E-state index >= 15 is 0 Å². The van der Waals surface area contributed by atoms with Gasteiger partial charge in [0.15, 0.2) is 0 Å². The summed E-state index contributed by atoms with van der Waals surface area (Å²) in [5.41, 5.74) is 1.21. The molecule has 2 aromatic carbocycles. The third-order valence-corrected chi connectivity index (χ3v) is 3.41. The molecule has 1 unspecified atom stereocenters. The molecule has 1 atom stereocenters. The highest BCUT2D eigenvalue weighted by Crippen LogP contribution is 2.38. The fourth-order valence-electron chi connectivity index (χ4n) is 2.18. The molecule has 4 heteroatoms. The van der Waals surface area contributed by atoms with Crippen molar-refractivity contribution in [2.75, 3.05) is 7.11 Å². The molecule has 2 aromatic rings. The van der Waals surface area contributed by atoms with Crippen LogP contribution in [0.25, 0.3) is 0 Å². The molecule has 0 saturated carbocycles. The number of halogens is 1. The minimum atomic E-state index is -0.913. The number of rotatable bonds is 5. The number of para-hydroxylation sites is 1. The maximum Gasteiger partial charge on any atom is 0.126 e. The van der Waals surface area contributed by atoms with Crippen molar-refractivity contribution in [3.63, 3.8) is 0 Å². The Morgan fingerprint density at radius 2 is 1.67 bits per heavy atom. The van der Waals surface area contributed by atoms with Crippen LogP contribution in [0.4, 0.5) is 0 Å². The quantitative estimate of drug-likeness (QED) is 0.899. The predicted molar refractivity (Wildman–Crippen MR) is 84.3 cm³/mol. The third-order valence-electron chi connectivity index (χ3n) is 3.08. The standard InChI is InChI=1S/C17H19ClO3/c1-11(2)21-14-9-5-4-7-12(14)17(19)16-13(18)8-6-10-15(16)20-3/h4-11,17,19H,1-3H3. The predicted octanol–water partition coefficient (Wildman–Crippen LogP) is 4.22. The van der Waals surface area contributed by atoms with Crippen LogP contribution in [0.3, 0.4) is 0 Å². The molecule has 0 radical (unpaired) electrons. The van der Waals surface area contributed by atoms with Crippen LogP contribution in [0, 0.1) is 0 Å². The van der Waals surface area contributed by atoms with Gasteiger partial charge >= 0.3 is 0 Å². The number of benzene rings is 2. The summed E-state index contributed by atoms with van der Waals surface area (Å²) in [7, 11) is 1.55. The highest BCUT2D eigenvalue weighted by atomic mass is 35.5. The van der Waals surface area contributed by atoms with Gasteiger partial charge in [0.1, 0.15) is 17.6 Å². The Morgan fingerprint density at radius 1 is 1.00 bits per heavy atom. The molecule has 0 aliphatic rings. The van der Waals surface area contributed by atoms with Gasteiger partial charge in [0.25, 0.3) is 0 Å². The fourth-order valence-corrected chi connectivity index (χ4v) is 2.45. The molecule has 1 N–H and O–H groups in total. The van der Waals surface area contributed by atoms with Gasteiger partial charge in [-0.15, -0.1) is 0 Å². The minimum Gasteiger partial charge on any atom is -0.496 e. The van der Waals surface area contributed by atoms with Crippen molar-refractivity contribution in [1.82, 2.24) is 0 Å². The molecule has 0 aliphatic heterocycles. The summed E-state index contributed by atoms with van der Waals surface area (Å²) < 4.78 is 11.1. The van der Waals surface area contributed by atoms with Crippen LogP contribution in [0.2, 0.25) is 5.02 Å². The van der Waals surface area contributed by atoms with E-state index in [0.717, 1.165) is 0 Å². The molecule has 21 heavy (non-hydrogen) atoms. The first-order valence-electron chi connectivity index (χ1n) is 6.80. The molecule has 0 aliphatic carbocycles. The fraction of sp³-hybridized carbons (Fsp3) is 0.294. The lowest BCUT2D eigenvalue weighted by Gasteiger charge is -2.20. The Labute approximate surface area is 130 Å². The molecule has 0 amide bonds. The number of hydrogen-bond donors (Lipinski definition) is 1. The second kappa shape index (κ2) is 6.83. The van der Waals surface area contributed by atoms with E-state index in [1.54, 1.807) is 25.3 Å². The van der Waals surface area contributed by atoms with E-state index in [0.29, 0.717) is 27.6 Å². The van der Waals surface area contributed by atoms with Crippen LogP contribution in [0.5, 0.6) is 11.5 Å². The average molecular weight is 307 g/mol. The summed E-state index contributed by atoms with van der Waals surface area (Å²) in [5, 5.41) is 11.2. The van der Waals surface area contributed by atoms with Gasteiger partial charge in [0.05, 0.1) is 18.2 Å². The van der Waals surface area contributed by atoms with E-state index in [2.05, 4.69) is 0 Å². The topological polar surface area (TPSA) is 38.7 Å². The highest BCUT2D eigenvalue weighted by Gasteiger charge is 2.22. The second-order valence-corrected chi connectivity index (χ2v) is 5.37. The number of hydrogen-bond acceptors (Lipinski definition) is 3. The van der Waals surface area contributed by atoms with E-state index < -0.39 is 6.10 Å². The summed E-state index contributed by atoms with van der Waals surface area (Å²) >= 11 is 6.23. The molecule has 3 nitrogen and oxygen atoms in total. The number of aliphatic hydroxyl groups is 1. The van der Waals surface area contributed by atoms with Crippen LogP contribution in [-0.4, -0.2) is 18.3 Å². The Hall–Kier alpha value is -1.71. The monoisotopic (exact) mass is 306 g/mol. The van der Waals surface area contributed by atoms with Crippen LogP contribution in [-0.2, 0) is 0 Å². The minimum absolute atomic E-state index is 0.0199. The molecule has 0 fully saturated rings. The third kappa shape index (κ3) is 3.49. The Morgan fingerprint density at radius 3 is 2.33 bits per heavy atom. The van der Waals surface area contributed by atoms with Crippen molar-refractivity contribution in [3.05, 3.63) is 58.6 Å². The summed E-state index contributed by atoms with van der Waals surface area (Å²) in [6.07, 6.45) is -0.893. The maximum atomic E-state index is 10.7. The lowest BCUT2D eigenvalue weighted by molar-refractivity contribution is 0.195. The zero-order valence-corrected chi connectivity index (χ0v) is 13.1. The van der Waals surface area contributed by atoms with Crippen molar-refractivity contribution >= 4 is 11.6 Å². The first-order valence-corrected chi connectivity index (χ1v) is 7.18. The van der Waals surface area contributed by atoms with E-state index in [-0.39, 0.29) is 6.10 Å². The van der Waals surface area contributed by atoms with Crippen LogP contribution in [0.15, 0.2) is 42.5 Å². The van der Waals surface area contributed by atoms with Crippen molar-refractivity contribution in [2.24, 2.45) is 0 Å². The van der Waals surface area contributed by atoms with Gasteiger partial charge in [0, 0.05) is 11.1 Å². The number of methoxy groups -OCH3 is 1. The van der Waals surface area contributed by atoms with Crippen molar-refractivity contribution < 1.29 is 14.6 Å². The summed E-state index contributed by atoms with van der Waals surface area (Å²) in [4.78, 5) is 0. The highest BCUT2D eigenvalue weighted by molar-refractivity contribution is 6.31. The van der Waals surface area contributed by atoms with Crippen LogP contribution < -0.4 is 9.47 Å². The van der Waals surface area contributed by atoms with Gasteiger partial charge in [-0.2, -0.15) is 0 Å². The van der Waals surface area contributed by atoms with E-state index in [4.69, 9.17) is 21.1 Å². The molecule has 0 heterocycles. The Balaban J connectivity index is 2.48. The molecule has 0 bridgehead atoms. The van der Waals surface area contributed by atoms with Crippen LogP contribution >= 0.6 is 11.6 Å². The van der Waals surface area contributed by atoms with E-state index in [1.807, 2.05) is 38.1 Å². The molecule has 112 valence electrons. The van der Waals surface area contributed by atoms with Gasteiger partial charge in [-0.25, -0.2) is 0 Å². The average Bonchev–Trinajstić information content (AvgIpc) is 2.46. The van der Waals surface area contributed by atoms with Gasteiger partial charge < -0.3 is 14.6 Å². The van der Waals surface area contributed by atoms with Crippen molar-refractivity contribution in [1.29, 1.82) is 0 Å². The maximum absolute atomic E-state index is 10.7. The largest absolute Gasteiger partial charge is 0.496 e. The molecule has 0 spiro atoms. The van der Waals surface area contributed by atoms with Gasteiger partial charge in [-0.1, -0.05) is 35.9 Å². The normalized spacial score (nSPS) is 12.3. The van der Waals surface area contributed by atoms with E-state index in [1.165, 1.54) is 0 Å². The Bertz CT molecular complexity index is 611. The molecule has 0 saturated heterocycles. The number of aliphatic hydroxyl groups excluding tert-OH is 1. The lowest BCUT2D eigenvalue weighted by atomic mass is 9.99. The molecule has 2 rings (SSSR count). The molecule has 0 aromatic heterocycles. The summed E-state index contributed by atoms with van der Waals surface area (Å²) in [6.45, 7) is 3.89. The van der Waals surface area contributed by atoms with Crippen molar-refractivity contribution in [3.8, 4) is 11.5 Å². The second-order valence-electron chi connectivity index (χ2n) is 4.96. The molecular weight excluding hydrogens is 288 g/mol. The van der Waals surface area contributed by atoms with E-state index in [9.17, 15) is 5.11 Å². The van der Waals surface area contributed by atoms with Gasteiger partial charge in [0.2, 0.25) is 0 Å². The number of ether oxygens (including phenoxy) is 2. The summed E-state index contributed by atoms with van der Waals surface area (Å²) in [5.74, 6) is 1.19. The zero-order valence-electron chi connectivity index (χ0n) is 12.3. The lowest BCUT2D eigenvalue weighted by Crippen LogP contribution is -2.10. The first kappa shape index (κ1) is 15.7. The van der Waals surface area contributed by atoms with Gasteiger partial charge in [-0.05, 0) is 32.0 Å². The molecular formula is C17H19ClO3. The van der Waals surface area contributed by atoms with Crippen LogP contribution in [0.1, 0.15) is 31.1 Å². The summed E-state index contributed by atoms with van der Waals surface area (Å²) in [6, 6.07) is 12.7. The first-order chi connectivity index (χ1) is 10.0.